The van der Waals surface area contributed by atoms with E-state index in [1.807, 2.05) is 36.4 Å². The quantitative estimate of drug-likeness (QED) is 0.165. The molecule has 13 heteroatoms. The predicted octanol–water partition coefficient (Wildman–Crippen LogP) is 5.85. The van der Waals surface area contributed by atoms with Crippen molar-refractivity contribution in [2.45, 2.75) is 51.1 Å². The molecule has 2 aromatic carbocycles. The molecule has 2 aliphatic rings. The number of benzene rings is 2. The van der Waals surface area contributed by atoms with Crippen LogP contribution in [0.25, 0.3) is 33.6 Å². The van der Waals surface area contributed by atoms with E-state index in [1.165, 1.54) is 0 Å². The zero-order valence-electron chi connectivity index (χ0n) is 26.7. The van der Waals surface area contributed by atoms with Gasteiger partial charge < -0.3 is 24.8 Å². The van der Waals surface area contributed by atoms with Crippen molar-refractivity contribution in [3.05, 3.63) is 70.2 Å². The molecule has 0 spiro atoms. The fraction of sp³-hybridized carbons (Fsp3) is 0.371. The highest BCUT2D eigenvalue weighted by Crippen LogP contribution is 2.42. The molecule has 6 rings (SSSR count). The molecule has 2 aromatic heterocycles. The van der Waals surface area contributed by atoms with Crippen LogP contribution in [0.5, 0.6) is 11.8 Å². The number of cyclic esters (lactones) is 1. The van der Waals surface area contributed by atoms with Gasteiger partial charge in [0.15, 0.2) is 0 Å². The first-order chi connectivity index (χ1) is 23.3. The maximum atomic E-state index is 11.5. The van der Waals surface area contributed by atoms with E-state index < -0.39 is 0 Å². The van der Waals surface area contributed by atoms with E-state index in [0.717, 1.165) is 36.1 Å². The van der Waals surface area contributed by atoms with Gasteiger partial charge in [0, 0.05) is 53.7 Å². The van der Waals surface area contributed by atoms with E-state index in [1.54, 1.807) is 26.6 Å². The maximum Gasteiger partial charge on any atom is 0.306 e. The number of methoxy groups -OCH3 is 2. The minimum atomic E-state index is -0.168. The molecule has 0 radical (unpaired) electrons. The Morgan fingerprint density at radius 2 is 1.50 bits per heavy atom. The van der Waals surface area contributed by atoms with Crippen LogP contribution in [-0.2, 0) is 27.3 Å². The van der Waals surface area contributed by atoms with Crippen LogP contribution in [0.4, 0.5) is 0 Å². The Morgan fingerprint density at radius 1 is 0.896 bits per heavy atom. The van der Waals surface area contributed by atoms with Gasteiger partial charge in [0.2, 0.25) is 17.7 Å². The number of halogens is 2. The molecule has 48 heavy (non-hydrogen) atoms. The molecule has 2 N–H and O–H groups in total. The van der Waals surface area contributed by atoms with Crippen molar-refractivity contribution >= 4 is 35.1 Å². The highest BCUT2D eigenvalue weighted by Gasteiger charge is 2.24. The molecule has 2 atom stereocenters. The highest BCUT2D eigenvalue weighted by molar-refractivity contribution is 6.39. The molecule has 1 amide bonds. The summed E-state index contributed by atoms with van der Waals surface area (Å²) in [6, 6.07) is 11.6. The van der Waals surface area contributed by atoms with Crippen molar-refractivity contribution in [2.24, 2.45) is 5.92 Å². The van der Waals surface area contributed by atoms with Gasteiger partial charge in [0.05, 0.1) is 61.1 Å². The molecule has 0 aliphatic carbocycles. The smallest absolute Gasteiger partial charge is 0.306 e. The third-order valence-electron chi connectivity index (χ3n) is 8.56. The van der Waals surface area contributed by atoms with Crippen molar-refractivity contribution < 1.29 is 23.8 Å². The fourth-order valence-electron chi connectivity index (χ4n) is 6.05. The maximum absolute atomic E-state index is 11.5. The Bertz CT molecular complexity index is 1690. The number of amides is 1. The first-order valence-electron chi connectivity index (χ1n) is 15.9. The Hall–Kier alpha value is -4.32. The van der Waals surface area contributed by atoms with Crippen molar-refractivity contribution in [2.75, 3.05) is 27.4 Å². The largest absolute Gasteiger partial charge is 0.480 e. The second-order valence-electron chi connectivity index (χ2n) is 11.8. The van der Waals surface area contributed by atoms with Gasteiger partial charge >= 0.3 is 5.97 Å². The molecule has 4 heterocycles. The van der Waals surface area contributed by atoms with Crippen LogP contribution in [0.2, 0.25) is 10.0 Å². The Labute approximate surface area is 288 Å². The number of hydrogen-bond donors (Lipinski definition) is 2. The molecular formula is C35H36Cl2N6O5. The van der Waals surface area contributed by atoms with Crippen LogP contribution in [0.15, 0.2) is 48.8 Å². The Morgan fingerprint density at radius 3 is 2.06 bits per heavy atom. The van der Waals surface area contributed by atoms with E-state index in [2.05, 4.69) is 20.6 Å². The zero-order chi connectivity index (χ0) is 33.6. The molecule has 2 aliphatic heterocycles. The summed E-state index contributed by atoms with van der Waals surface area (Å²) in [5.41, 5.74) is 5.32. The molecule has 0 bridgehead atoms. The minimum Gasteiger partial charge on any atom is -0.480 e. The molecule has 11 nitrogen and oxygen atoms in total. The Kier molecular flexibility index (Phi) is 10.7. The normalized spacial score (nSPS) is 17.3. The van der Waals surface area contributed by atoms with E-state index in [-0.39, 0.29) is 23.8 Å². The van der Waals surface area contributed by atoms with Crippen LogP contribution in [-0.4, -0.2) is 65.2 Å². The summed E-state index contributed by atoms with van der Waals surface area (Å²) in [6.45, 7) is 1.47. The number of nitrogens with one attached hydrogen (secondary N) is 2. The first-order valence-corrected chi connectivity index (χ1v) is 16.6. The average molecular weight is 692 g/mol. The topological polar surface area (TPSA) is 137 Å². The van der Waals surface area contributed by atoms with Crippen molar-refractivity contribution in [1.29, 1.82) is 0 Å². The molecule has 2 fully saturated rings. The summed E-state index contributed by atoms with van der Waals surface area (Å²) in [5, 5.41) is 7.25. The van der Waals surface area contributed by atoms with Crippen molar-refractivity contribution in [3.63, 3.8) is 0 Å². The molecular weight excluding hydrogens is 655 g/mol. The molecule has 0 unspecified atom stereocenters. The summed E-state index contributed by atoms with van der Waals surface area (Å²) < 4.78 is 16.2. The molecule has 250 valence electrons. The van der Waals surface area contributed by atoms with Crippen LogP contribution < -0.4 is 20.1 Å². The lowest BCUT2D eigenvalue weighted by Crippen LogP contribution is -2.25. The van der Waals surface area contributed by atoms with Gasteiger partial charge in [-0.15, -0.1) is 0 Å². The summed E-state index contributed by atoms with van der Waals surface area (Å²) in [6.07, 6.45) is 7.67. The lowest BCUT2D eigenvalue weighted by atomic mass is 9.98. The number of esters is 1. The number of carbonyl (C=O) groups excluding carboxylic acids is 2. The Balaban J connectivity index is 1.20. The highest BCUT2D eigenvalue weighted by atomic mass is 35.5. The standard InChI is InChI=1S/C35H36Cl2N6O5/c1-46-34-26(11-3-6-21-12-13-30(44)41-21)39-17-27(42-34)24-9-4-7-22(32(24)36)23-8-5-10-25(33(23)37)28-18-40-29(35(43-28)47-2)16-38-15-20-14-31(45)48-19-20/h4-5,7-10,17-18,20-21,38H,3,6,11-16,19H2,1-2H3,(H,41,44)/t20-,21-/m1/s1. The van der Waals surface area contributed by atoms with Crippen LogP contribution in [0.3, 0.4) is 0 Å². The van der Waals surface area contributed by atoms with Crippen molar-refractivity contribution in [1.82, 2.24) is 30.6 Å². The molecule has 0 saturated carbocycles. The van der Waals surface area contributed by atoms with E-state index in [0.29, 0.717) is 89.0 Å². The van der Waals surface area contributed by atoms with E-state index in [4.69, 9.17) is 47.4 Å². The van der Waals surface area contributed by atoms with Gasteiger partial charge in [-0.25, -0.2) is 9.97 Å². The van der Waals surface area contributed by atoms with E-state index >= 15 is 0 Å². The number of rotatable bonds is 13. The molecule has 4 aromatic rings. The third kappa shape index (κ3) is 7.53. The van der Waals surface area contributed by atoms with Gasteiger partial charge in [0.25, 0.3) is 0 Å². The lowest BCUT2D eigenvalue weighted by Gasteiger charge is -2.15. The number of hydrogen-bond acceptors (Lipinski definition) is 10. The van der Waals surface area contributed by atoms with Gasteiger partial charge in [0.1, 0.15) is 11.4 Å². The summed E-state index contributed by atoms with van der Waals surface area (Å²) in [7, 11) is 3.12. The average Bonchev–Trinajstić information content (AvgIpc) is 3.72. The van der Waals surface area contributed by atoms with Crippen LogP contribution in [0.1, 0.15) is 43.5 Å². The number of carbonyl (C=O) groups is 2. The van der Waals surface area contributed by atoms with Gasteiger partial charge in [-0.1, -0.05) is 59.6 Å². The van der Waals surface area contributed by atoms with Gasteiger partial charge in [-0.05, 0) is 25.7 Å². The summed E-state index contributed by atoms with van der Waals surface area (Å²) in [4.78, 5) is 41.6. The third-order valence-corrected chi connectivity index (χ3v) is 9.38. The fourth-order valence-corrected chi connectivity index (χ4v) is 6.70. The lowest BCUT2D eigenvalue weighted by molar-refractivity contribution is -0.138. The van der Waals surface area contributed by atoms with Crippen molar-refractivity contribution in [3.8, 4) is 45.4 Å². The van der Waals surface area contributed by atoms with Crippen LogP contribution >= 0.6 is 23.2 Å². The second kappa shape index (κ2) is 15.3. The minimum absolute atomic E-state index is 0.118. The number of aryl methyl sites for hydroxylation is 1. The monoisotopic (exact) mass is 690 g/mol. The summed E-state index contributed by atoms with van der Waals surface area (Å²) >= 11 is 14.1. The zero-order valence-corrected chi connectivity index (χ0v) is 28.2. The second-order valence-corrected chi connectivity index (χ2v) is 12.6. The molecule has 2 saturated heterocycles. The first kappa shape index (κ1) is 33.6. The van der Waals surface area contributed by atoms with Gasteiger partial charge in [-0.3, -0.25) is 19.6 Å². The van der Waals surface area contributed by atoms with Crippen LogP contribution in [0, 0.1) is 5.92 Å². The van der Waals surface area contributed by atoms with E-state index in [9.17, 15) is 9.59 Å². The SMILES string of the molecule is COc1nc(-c2cccc(-c3cccc(-c4cnc(CNC[C@@H]5COC(=O)C5)c(OC)n4)c3Cl)c2Cl)cnc1CCC[C@@H]1CCC(=O)N1. The number of aromatic nitrogens is 4. The predicted molar refractivity (Wildman–Crippen MR) is 182 cm³/mol. The van der Waals surface area contributed by atoms with Gasteiger partial charge in [-0.2, -0.15) is 0 Å². The number of ether oxygens (including phenoxy) is 3. The number of nitrogens with zero attached hydrogens (tertiary/aromatic N) is 4. The summed E-state index contributed by atoms with van der Waals surface area (Å²) in [5.74, 6) is 0.908.